The molecule has 0 aliphatic heterocycles. The van der Waals surface area contributed by atoms with Gasteiger partial charge in [-0.1, -0.05) is 24.3 Å². The molecule has 6 nitrogen and oxygen atoms in total. The number of esters is 1. The van der Waals surface area contributed by atoms with Crippen LogP contribution in [0.3, 0.4) is 0 Å². The van der Waals surface area contributed by atoms with Gasteiger partial charge in [-0.15, -0.1) is 0 Å². The van der Waals surface area contributed by atoms with Crippen molar-refractivity contribution in [3.8, 4) is 0 Å². The number of hydrogen-bond acceptors (Lipinski definition) is 4. The van der Waals surface area contributed by atoms with E-state index in [1.165, 1.54) is 7.11 Å². The number of methoxy groups -OCH3 is 1. The summed E-state index contributed by atoms with van der Waals surface area (Å²) in [5.74, 6) is -0.759. The topological polar surface area (TPSA) is 73.2 Å². The van der Waals surface area contributed by atoms with E-state index < -0.39 is 17.6 Å². The van der Waals surface area contributed by atoms with E-state index >= 15 is 0 Å². The van der Waals surface area contributed by atoms with Crippen molar-refractivity contribution in [3.63, 3.8) is 0 Å². The first kappa shape index (κ1) is 25.8. The highest BCUT2D eigenvalue weighted by molar-refractivity contribution is 6.06. The Balaban J connectivity index is 1.43. The van der Waals surface area contributed by atoms with Crippen LogP contribution in [0, 0.1) is 11.8 Å². The molecule has 0 bridgehead atoms. The second kappa shape index (κ2) is 10.5. The summed E-state index contributed by atoms with van der Waals surface area (Å²) in [4.78, 5) is 29.6. The van der Waals surface area contributed by atoms with Crippen LogP contribution in [-0.4, -0.2) is 35.1 Å². The fraction of sp³-hybridized carbons (Fsp3) is 0.345. The van der Waals surface area contributed by atoms with E-state index in [1.54, 1.807) is 23.0 Å². The average molecular weight is 524 g/mol. The maximum Gasteiger partial charge on any atom is 0.416 e. The normalized spacial score (nSPS) is 18.0. The van der Waals surface area contributed by atoms with Gasteiger partial charge in [0.05, 0.1) is 35.2 Å². The number of nitrogens with zero attached hydrogens (tertiary/aromatic N) is 2. The number of fused-ring (bicyclic) bond motifs is 2. The molecule has 4 aromatic rings. The first-order valence-electron chi connectivity index (χ1n) is 12.6. The molecule has 0 radical (unpaired) electrons. The molecule has 1 amide bonds. The molecule has 0 atom stereocenters. The molecule has 0 spiro atoms. The zero-order valence-corrected chi connectivity index (χ0v) is 20.9. The van der Waals surface area contributed by atoms with Crippen molar-refractivity contribution in [2.75, 3.05) is 13.7 Å². The van der Waals surface area contributed by atoms with Gasteiger partial charge in [-0.2, -0.15) is 13.2 Å². The number of amides is 1. The molecule has 1 aliphatic rings. The average Bonchev–Trinajstić information content (AvgIpc) is 3.33. The molecule has 0 saturated heterocycles. The molecular formula is C29H28F3N3O3. The third kappa shape index (κ3) is 5.23. The lowest BCUT2D eigenvalue weighted by Crippen LogP contribution is -2.33. The van der Waals surface area contributed by atoms with Crippen LogP contribution in [0.15, 0.2) is 60.9 Å². The van der Waals surface area contributed by atoms with E-state index in [2.05, 4.69) is 10.3 Å². The number of aromatic nitrogens is 2. The quantitative estimate of drug-likeness (QED) is 0.316. The Morgan fingerprint density at radius 1 is 1.05 bits per heavy atom. The Morgan fingerprint density at radius 2 is 1.82 bits per heavy atom. The zero-order valence-electron chi connectivity index (χ0n) is 20.9. The van der Waals surface area contributed by atoms with Gasteiger partial charge in [0.1, 0.15) is 0 Å². The number of nitrogens with one attached hydrogen (secondary N) is 1. The summed E-state index contributed by atoms with van der Waals surface area (Å²) in [7, 11) is 1.37. The van der Waals surface area contributed by atoms with Crippen LogP contribution >= 0.6 is 0 Å². The van der Waals surface area contributed by atoms with Gasteiger partial charge in [-0.3, -0.25) is 14.6 Å². The van der Waals surface area contributed by atoms with Gasteiger partial charge >= 0.3 is 12.1 Å². The fourth-order valence-electron chi connectivity index (χ4n) is 5.40. The minimum atomic E-state index is -4.59. The number of carbonyl (C=O) groups excluding carboxylic acids is 2. The number of ether oxygens (including phenoxy) is 1. The van der Waals surface area contributed by atoms with Crippen LogP contribution in [-0.2, 0) is 22.3 Å². The maximum absolute atomic E-state index is 13.7. The lowest BCUT2D eigenvalue weighted by Gasteiger charge is -2.27. The molecule has 38 heavy (non-hydrogen) atoms. The van der Waals surface area contributed by atoms with Crippen molar-refractivity contribution in [2.45, 2.75) is 38.4 Å². The molecule has 5 rings (SSSR count). The van der Waals surface area contributed by atoms with Crippen LogP contribution in [0.25, 0.3) is 21.8 Å². The van der Waals surface area contributed by atoms with Crippen LogP contribution in [0.4, 0.5) is 13.2 Å². The molecule has 2 heterocycles. The van der Waals surface area contributed by atoms with Crippen LogP contribution in [0.5, 0.6) is 0 Å². The van der Waals surface area contributed by atoms with Crippen molar-refractivity contribution in [2.24, 2.45) is 11.8 Å². The Hall–Kier alpha value is -3.88. The van der Waals surface area contributed by atoms with Crippen molar-refractivity contribution >= 4 is 33.7 Å². The Bertz CT molecular complexity index is 1480. The van der Waals surface area contributed by atoms with E-state index in [0.717, 1.165) is 41.4 Å². The van der Waals surface area contributed by atoms with E-state index in [-0.39, 0.29) is 23.4 Å². The summed E-state index contributed by atoms with van der Waals surface area (Å²) in [5, 5.41) is 4.16. The molecule has 1 fully saturated rings. The number of benzene rings is 2. The molecule has 2 aromatic heterocycles. The second-order valence-electron chi connectivity index (χ2n) is 9.85. The van der Waals surface area contributed by atoms with Crippen molar-refractivity contribution in [3.05, 3.63) is 77.6 Å². The number of carbonyl (C=O) groups is 2. The van der Waals surface area contributed by atoms with Crippen LogP contribution in [0.2, 0.25) is 0 Å². The third-order valence-electron chi connectivity index (χ3n) is 7.42. The van der Waals surface area contributed by atoms with Gasteiger partial charge in [-0.05, 0) is 61.4 Å². The van der Waals surface area contributed by atoms with E-state index in [9.17, 15) is 22.8 Å². The Morgan fingerprint density at radius 3 is 2.55 bits per heavy atom. The minimum Gasteiger partial charge on any atom is -0.469 e. The van der Waals surface area contributed by atoms with Crippen molar-refractivity contribution in [1.29, 1.82) is 0 Å². The first-order valence-corrected chi connectivity index (χ1v) is 12.6. The monoisotopic (exact) mass is 523 g/mol. The number of rotatable bonds is 6. The highest BCUT2D eigenvalue weighted by atomic mass is 19.4. The van der Waals surface area contributed by atoms with Gasteiger partial charge in [0.2, 0.25) is 0 Å². The van der Waals surface area contributed by atoms with Crippen molar-refractivity contribution < 1.29 is 27.5 Å². The third-order valence-corrected chi connectivity index (χ3v) is 7.42. The van der Waals surface area contributed by atoms with E-state index in [1.807, 2.05) is 30.3 Å². The largest absolute Gasteiger partial charge is 0.469 e. The summed E-state index contributed by atoms with van der Waals surface area (Å²) in [6.45, 7) is 0.680. The van der Waals surface area contributed by atoms with Crippen LogP contribution in [0.1, 0.15) is 47.2 Å². The Kier molecular flexibility index (Phi) is 7.10. The highest BCUT2D eigenvalue weighted by Gasteiger charge is 2.33. The standard InChI is InChI=1S/C29H28F3N3O3/c1-38-28(37)20-9-7-18(8-10-20)16-34-27(36)24-15-23(29(30,31)32)14-21-11-13-35(26(21)24)17-22-5-2-4-19-6-3-12-33-25(19)22/h2-6,11-15,18,20H,7-10,16-17H2,1H3,(H,34,36)/t18-,20-. The zero-order chi connectivity index (χ0) is 26.9. The SMILES string of the molecule is COC(=O)[C@H]1CC[C@H](CNC(=O)c2cc(C(F)(F)F)cc3ccn(Cc4cccc5cccnc45)c23)CC1. The highest BCUT2D eigenvalue weighted by Crippen LogP contribution is 2.35. The fourth-order valence-corrected chi connectivity index (χ4v) is 5.40. The van der Waals surface area contributed by atoms with Gasteiger partial charge < -0.3 is 14.6 Å². The maximum atomic E-state index is 13.7. The molecule has 2 aromatic carbocycles. The van der Waals surface area contributed by atoms with Gasteiger partial charge in [0.15, 0.2) is 0 Å². The predicted molar refractivity (Wildman–Crippen MR) is 138 cm³/mol. The molecule has 1 saturated carbocycles. The molecule has 1 aliphatic carbocycles. The molecule has 0 unspecified atom stereocenters. The predicted octanol–water partition coefficient (Wildman–Crippen LogP) is 5.97. The van der Waals surface area contributed by atoms with E-state index in [4.69, 9.17) is 4.74 Å². The van der Waals surface area contributed by atoms with Gasteiger partial charge in [-0.25, -0.2) is 0 Å². The number of para-hydroxylation sites is 1. The molecule has 9 heteroatoms. The van der Waals surface area contributed by atoms with Crippen molar-refractivity contribution in [1.82, 2.24) is 14.9 Å². The first-order chi connectivity index (χ1) is 18.2. The lowest BCUT2D eigenvalue weighted by molar-refractivity contribution is -0.146. The van der Waals surface area contributed by atoms with Gasteiger partial charge in [0, 0.05) is 36.3 Å². The second-order valence-corrected chi connectivity index (χ2v) is 9.85. The number of alkyl halides is 3. The lowest BCUT2D eigenvalue weighted by atomic mass is 9.82. The summed E-state index contributed by atoms with van der Waals surface area (Å²) in [5.41, 5.74) is 1.26. The van der Waals surface area contributed by atoms with Crippen LogP contribution < -0.4 is 5.32 Å². The molecule has 1 N–H and O–H groups in total. The summed E-state index contributed by atoms with van der Waals surface area (Å²) in [6, 6.07) is 13.2. The number of halogens is 3. The Labute approximate surface area is 217 Å². The van der Waals surface area contributed by atoms with Gasteiger partial charge in [0.25, 0.3) is 5.91 Å². The smallest absolute Gasteiger partial charge is 0.416 e. The molecule has 198 valence electrons. The summed E-state index contributed by atoms with van der Waals surface area (Å²) < 4.78 is 47.8. The summed E-state index contributed by atoms with van der Waals surface area (Å²) in [6.07, 6.45) is 1.64. The number of pyridine rings is 1. The molecular weight excluding hydrogens is 495 g/mol. The minimum absolute atomic E-state index is 0.0173. The summed E-state index contributed by atoms with van der Waals surface area (Å²) >= 11 is 0. The van der Waals surface area contributed by atoms with E-state index in [0.29, 0.717) is 36.8 Å². The number of hydrogen-bond donors (Lipinski definition) is 1.